The van der Waals surface area contributed by atoms with Gasteiger partial charge in [0.2, 0.25) is 0 Å². The molecule has 4 aromatic rings. The minimum absolute atomic E-state index is 0.0106. The van der Waals surface area contributed by atoms with Crippen LogP contribution in [0.5, 0.6) is 0 Å². The molecule has 2 aromatic heterocycles. The summed E-state index contributed by atoms with van der Waals surface area (Å²) in [4.78, 5) is 31.9. The molecule has 4 heterocycles. The van der Waals surface area contributed by atoms with Gasteiger partial charge >= 0.3 is 0 Å². The first-order chi connectivity index (χ1) is 17.9. The number of hydrogen-bond donors (Lipinski definition) is 2. The zero-order valence-electron chi connectivity index (χ0n) is 21.9. The normalized spacial score (nSPS) is 17.8. The third-order valence-corrected chi connectivity index (χ3v) is 7.57. The van der Waals surface area contributed by atoms with Crippen LogP contribution in [0.15, 0.2) is 48.8 Å². The van der Waals surface area contributed by atoms with E-state index in [-0.39, 0.29) is 5.91 Å². The van der Waals surface area contributed by atoms with Crippen molar-refractivity contribution in [1.82, 2.24) is 30.1 Å². The van der Waals surface area contributed by atoms with E-state index in [4.69, 9.17) is 9.97 Å². The Balaban J connectivity index is 1.37. The number of nitrogens with zero attached hydrogens (tertiary/aromatic N) is 5. The van der Waals surface area contributed by atoms with Gasteiger partial charge in [0.15, 0.2) is 5.65 Å². The number of nitrogens with one attached hydrogen (secondary N) is 2. The highest BCUT2D eigenvalue weighted by molar-refractivity contribution is 5.96. The molecular formula is C29H33N7O. The Labute approximate surface area is 217 Å². The second-order valence-corrected chi connectivity index (χ2v) is 10.5. The van der Waals surface area contributed by atoms with Gasteiger partial charge in [-0.15, -0.1) is 0 Å². The molecule has 1 saturated heterocycles. The number of aromatic amines is 1. The molecule has 0 aliphatic carbocycles. The Morgan fingerprint density at radius 3 is 2.70 bits per heavy atom. The van der Waals surface area contributed by atoms with Crippen molar-refractivity contribution in [2.24, 2.45) is 0 Å². The molecule has 1 fully saturated rings. The summed E-state index contributed by atoms with van der Waals surface area (Å²) in [6, 6.07) is 12.7. The smallest absolute Gasteiger partial charge is 0.253 e. The Kier molecular flexibility index (Phi) is 5.93. The number of benzene rings is 2. The minimum Gasteiger partial charge on any atom is -0.364 e. The van der Waals surface area contributed by atoms with Gasteiger partial charge in [0, 0.05) is 75.4 Å². The molecule has 0 unspecified atom stereocenters. The highest BCUT2D eigenvalue weighted by Crippen LogP contribution is 2.35. The van der Waals surface area contributed by atoms with E-state index in [9.17, 15) is 4.79 Å². The number of amides is 1. The molecule has 8 nitrogen and oxygen atoms in total. The Morgan fingerprint density at radius 1 is 1.11 bits per heavy atom. The summed E-state index contributed by atoms with van der Waals surface area (Å²) >= 11 is 0. The van der Waals surface area contributed by atoms with Crippen LogP contribution in [0.1, 0.15) is 21.5 Å². The van der Waals surface area contributed by atoms with Crippen LogP contribution in [0.2, 0.25) is 0 Å². The number of anilines is 1. The predicted molar refractivity (Wildman–Crippen MR) is 148 cm³/mol. The fraction of sp³-hybridized carbons (Fsp3) is 0.345. The number of carbonyl (C=O) groups is 1. The van der Waals surface area contributed by atoms with Gasteiger partial charge in [0.1, 0.15) is 5.52 Å². The number of likely N-dealkylation sites (N-methyl/N-ethyl adjacent to an activating group) is 1. The molecule has 1 atom stereocenters. The quantitative estimate of drug-likeness (QED) is 0.453. The summed E-state index contributed by atoms with van der Waals surface area (Å²) in [5.74, 6) is -0.0106. The standard InChI is InChI=1S/C29H33N7O/c1-18-11-21(12-22-13-30-14-23-17-35(4)9-10-36(23)27(18)22)25-16-32-28-26(33-25)24(15-31-28)19-5-7-20(8-6-19)29(37)34(2)3/h5-8,11-12,15-16,23,30H,9-10,13-14,17H2,1-4H3,(H,31,32)/t23-/m1/s1. The Bertz CT molecular complexity index is 1470. The maximum absolute atomic E-state index is 12.3. The van der Waals surface area contributed by atoms with Crippen molar-refractivity contribution < 1.29 is 4.79 Å². The number of carbonyl (C=O) groups excluding carboxylic acids is 1. The molecule has 190 valence electrons. The van der Waals surface area contributed by atoms with Gasteiger partial charge < -0.3 is 25.0 Å². The largest absolute Gasteiger partial charge is 0.364 e. The highest BCUT2D eigenvalue weighted by atomic mass is 16.2. The zero-order valence-corrected chi connectivity index (χ0v) is 21.9. The Hall–Kier alpha value is -3.75. The highest BCUT2D eigenvalue weighted by Gasteiger charge is 2.30. The van der Waals surface area contributed by atoms with Crippen molar-refractivity contribution in [2.45, 2.75) is 19.5 Å². The number of H-pyrrole nitrogens is 1. The third-order valence-electron chi connectivity index (χ3n) is 7.57. The maximum atomic E-state index is 12.3. The average Bonchev–Trinajstić information content (AvgIpc) is 3.23. The van der Waals surface area contributed by atoms with E-state index in [1.165, 1.54) is 16.8 Å². The summed E-state index contributed by atoms with van der Waals surface area (Å²) in [6.07, 6.45) is 3.79. The van der Waals surface area contributed by atoms with Gasteiger partial charge in [-0.3, -0.25) is 4.79 Å². The molecule has 0 radical (unpaired) electrons. The van der Waals surface area contributed by atoms with Crippen molar-refractivity contribution in [2.75, 3.05) is 52.2 Å². The summed E-state index contributed by atoms with van der Waals surface area (Å²) in [6.45, 7) is 7.27. The first-order valence-electron chi connectivity index (χ1n) is 12.8. The van der Waals surface area contributed by atoms with Crippen LogP contribution >= 0.6 is 0 Å². The second kappa shape index (κ2) is 9.28. The zero-order chi connectivity index (χ0) is 25.7. The molecule has 0 spiro atoms. The van der Waals surface area contributed by atoms with Crippen molar-refractivity contribution in [3.05, 3.63) is 65.5 Å². The van der Waals surface area contributed by atoms with Crippen LogP contribution in [0.3, 0.4) is 0 Å². The predicted octanol–water partition coefficient (Wildman–Crippen LogP) is 3.53. The molecule has 1 amide bonds. The molecule has 8 heteroatoms. The summed E-state index contributed by atoms with van der Waals surface area (Å²) in [7, 11) is 5.73. The van der Waals surface area contributed by atoms with E-state index in [1.807, 2.05) is 36.7 Å². The molecule has 2 aliphatic heterocycles. The van der Waals surface area contributed by atoms with Gasteiger partial charge in [-0.2, -0.15) is 0 Å². The molecule has 37 heavy (non-hydrogen) atoms. The van der Waals surface area contributed by atoms with Crippen LogP contribution in [0.25, 0.3) is 33.5 Å². The lowest BCUT2D eigenvalue weighted by Gasteiger charge is -2.41. The van der Waals surface area contributed by atoms with Gasteiger partial charge in [0.05, 0.1) is 17.9 Å². The van der Waals surface area contributed by atoms with Crippen molar-refractivity contribution in [3.8, 4) is 22.4 Å². The minimum atomic E-state index is -0.0106. The third kappa shape index (κ3) is 4.26. The van der Waals surface area contributed by atoms with Crippen LogP contribution in [0, 0.1) is 6.92 Å². The van der Waals surface area contributed by atoms with E-state index in [2.05, 4.69) is 46.2 Å². The first-order valence-corrected chi connectivity index (χ1v) is 12.8. The number of piperazine rings is 1. The van der Waals surface area contributed by atoms with Crippen molar-refractivity contribution in [1.29, 1.82) is 0 Å². The monoisotopic (exact) mass is 495 g/mol. The summed E-state index contributed by atoms with van der Waals surface area (Å²) in [5.41, 5.74) is 10.1. The second-order valence-electron chi connectivity index (χ2n) is 10.5. The van der Waals surface area contributed by atoms with Crippen LogP contribution in [0.4, 0.5) is 5.69 Å². The van der Waals surface area contributed by atoms with E-state index >= 15 is 0 Å². The van der Waals surface area contributed by atoms with Crippen LogP contribution in [-0.4, -0.2) is 84.0 Å². The summed E-state index contributed by atoms with van der Waals surface area (Å²) < 4.78 is 0. The number of hydrogen-bond acceptors (Lipinski definition) is 6. The SMILES string of the molecule is Cc1cc(-c2cnc3[nH]cc(-c4ccc(C(=O)N(C)C)cc4)c3n2)cc2c1N1CCN(C)C[C@H]1CNC2. The van der Waals surface area contributed by atoms with E-state index < -0.39 is 0 Å². The van der Waals surface area contributed by atoms with Crippen molar-refractivity contribution >= 4 is 22.8 Å². The van der Waals surface area contributed by atoms with Crippen molar-refractivity contribution in [3.63, 3.8) is 0 Å². The molecule has 0 bridgehead atoms. The lowest BCUT2D eigenvalue weighted by atomic mass is 9.99. The average molecular weight is 496 g/mol. The molecule has 2 aliphatic rings. The lowest BCUT2D eigenvalue weighted by Crippen LogP contribution is -2.54. The van der Waals surface area contributed by atoms with Crippen LogP contribution in [-0.2, 0) is 6.54 Å². The van der Waals surface area contributed by atoms with E-state index in [1.54, 1.807) is 19.0 Å². The first kappa shape index (κ1) is 23.6. The maximum Gasteiger partial charge on any atom is 0.253 e. The Morgan fingerprint density at radius 2 is 1.92 bits per heavy atom. The number of aromatic nitrogens is 3. The van der Waals surface area contributed by atoms with E-state index in [0.717, 1.165) is 66.3 Å². The molecule has 2 N–H and O–H groups in total. The lowest BCUT2D eigenvalue weighted by molar-refractivity contribution is 0.0827. The van der Waals surface area contributed by atoms with Gasteiger partial charge in [0.25, 0.3) is 5.91 Å². The topological polar surface area (TPSA) is 80.4 Å². The van der Waals surface area contributed by atoms with Gasteiger partial charge in [-0.1, -0.05) is 12.1 Å². The molecular weight excluding hydrogens is 462 g/mol. The number of rotatable bonds is 3. The van der Waals surface area contributed by atoms with E-state index in [0.29, 0.717) is 11.6 Å². The molecule has 6 rings (SSSR count). The fourth-order valence-corrected chi connectivity index (χ4v) is 5.70. The van der Waals surface area contributed by atoms with Gasteiger partial charge in [-0.25, -0.2) is 9.97 Å². The number of fused-ring (bicyclic) bond motifs is 4. The van der Waals surface area contributed by atoms with Gasteiger partial charge in [-0.05, 0) is 54.9 Å². The summed E-state index contributed by atoms with van der Waals surface area (Å²) in [5, 5.41) is 3.67. The molecule has 2 aromatic carbocycles. The number of aryl methyl sites for hydroxylation is 1. The molecule has 0 saturated carbocycles. The fourth-order valence-electron chi connectivity index (χ4n) is 5.70. The van der Waals surface area contributed by atoms with Crippen LogP contribution < -0.4 is 10.2 Å².